The molecule has 0 spiro atoms. The first-order valence-corrected chi connectivity index (χ1v) is 9.21. The van der Waals surface area contributed by atoms with Gasteiger partial charge < -0.3 is 9.88 Å². The Labute approximate surface area is 147 Å². The predicted molar refractivity (Wildman–Crippen MR) is 101 cm³/mol. The molecule has 0 fully saturated rings. The second-order valence-electron chi connectivity index (χ2n) is 5.87. The number of carbonyl (C=O) groups is 1. The van der Waals surface area contributed by atoms with Gasteiger partial charge in [-0.15, -0.1) is 11.8 Å². The molecule has 4 heteroatoms. The first kappa shape index (κ1) is 16.7. The number of nitrogens with one attached hydrogen (secondary N) is 1. The minimum Gasteiger partial charge on any atom is -0.355 e. The molecule has 1 aromatic heterocycles. The molecule has 2 aromatic carbocycles. The van der Waals surface area contributed by atoms with Gasteiger partial charge in [-0.3, -0.25) is 4.79 Å². The number of aryl methyl sites for hydroxylation is 2. The van der Waals surface area contributed by atoms with Crippen LogP contribution in [0.3, 0.4) is 0 Å². The molecule has 1 heterocycles. The Kier molecular flexibility index (Phi) is 5.59. The van der Waals surface area contributed by atoms with Crippen LogP contribution in [-0.2, 0) is 11.3 Å². The molecule has 0 aliphatic rings. The van der Waals surface area contributed by atoms with E-state index in [2.05, 4.69) is 77.6 Å². The van der Waals surface area contributed by atoms with Gasteiger partial charge in [0.05, 0.1) is 5.75 Å². The fourth-order valence-corrected chi connectivity index (χ4v) is 3.38. The average Bonchev–Trinajstić information content (AvgIpc) is 3.01. The number of benzene rings is 2. The van der Waals surface area contributed by atoms with Gasteiger partial charge in [0, 0.05) is 29.7 Å². The fraction of sp³-hybridized carbons (Fsp3) is 0.250. The summed E-state index contributed by atoms with van der Waals surface area (Å²) in [6, 6.07) is 18.8. The molecule has 0 saturated heterocycles. The van der Waals surface area contributed by atoms with E-state index >= 15 is 0 Å². The highest BCUT2D eigenvalue weighted by atomic mass is 32.2. The van der Waals surface area contributed by atoms with Gasteiger partial charge in [-0.2, -0.15) is 0 Å². The molecule has 3 rings (SSSR count). The minimum atomic E-state index is 0.0953. The number of fused-ring (bicyclic) bond motifs is 1. The van der Waals surface area contributed by atoms with Crippen LogP contribution in [0.1, 0.15) is 12.0 Å². The van der Waals surface area contributed by atoms with Gasteiger partial charge in [-0.1, -0.05) is 35.9 Å². The highest BCUT2D eigenvalue weighted by molar-refractivity contribution is 8.00. The largest absolute Gasteiger partial charge is 0.355 e. The Bertz CT molecular complexity index is 808. The molecular weight excluding hydrogens is 316 g/mol. The van der Waals surface area contributed by atoms with Crippen molar-refractivity contribution in [3.63, 3.8) is 0 Å². The van der Waals surface area contributed by atoms with Gasteiger partial charge in [0.15, 0.2) is 0 Å². The quantitative estimate of drug-likeness (QED) is 0.516. The van der Waals surface area contributed by atoms with Crippen molar-refractivity contribution >= 4 is 28.6 Å². The van der Waals surface area contributed by atoms with Crippen molar-refractivity contribution in [2.24, 2.45) is 0 Å². The van der Waals surface area contributed by atoms with Crippen molar-refractivity contribution in [1.82, 2.24) is 9.88 Å². The van der Waals surface area contributed by atoms with E-state index in [9.17, 15) is 4.79 Å². The predicted octanol–water partition coefficient (Wildman–Crippen LogP) is 4.25. The van der Waals surface area contributed by atoms with Crippen molar-refractivity contribution in [2.45, 2.75) is 24.8 Å². The number of amides is 1. The van der Waals surface area contributed by atoms with E-state index in [0.29, 0.717) is 12.3 Å². The summed E-state index contributed by atoms with van der Waals surface area (Å²) in [6.07, 6.45) is 3.04. The van der Waals surface area contributed by atoms with Crippen molar-refractivity contribution in [1.29, 1.82) is 0 Å². The number of hydrogen-bond donors (Lipinski definition) is 1. The molecule has 1 amide bonds. The standard InChI is InChI=1S/C20H22N2OS/c1-16-7-9-18(10-8-16)24-15-20(23)21-12-4-13-22-14-11-17-5-2-3-6-19(17)22/h2-3,5-11,14H,4,12-13,15H2,1H3,(H,21,23). The van der Waals surface area contributed by atoms with Crippen LogP contribution in [-0.4, -0.2) is 22.8 Å². The van der Waals surface area contributed by atoms with Crippen molar-refractivity contribution in [3.05, 3.63) is 66.4 Å². The number of rotatable bonds is 7. The van der Waals surface area contributed by atoms with Crippen molar-refractivity contribution in [2.75, 3.05) is 12.3 Å². The van der Waals surface area contributed by atoms with Crippen LogP contribution in [0.4, 0.5) is 0 Å². The van der Waals surface area contributed by atoms with E-state index in [0.717, 1.165) is 17.9 Å². The van der Waals surface area contributed by atoms with E-state index in [4.69, 9.17) is 0 Å². The number of thioether (sulfide) groups is 1. The maximum absolute atomic E-state index is 11.9. The van der Waals surface area contributed by atoms with Gasteiger partial charge in [0.2, 0.25) is 5.91 Å². The molecule has 24 heavy (non-hydrogen) atoms. The summed E-state index contributed by atoms with van der Waals surface area (Å²) in [6.45, 7) is 3.69. The lowest BCUT2D eigenvalue weighted by Gasteiger charge is -2.07. The first-order valence-electron chi connectivity index (χ1n) is 8.22. The molecule has 3 aromatic rings. The van der Waals surface area contributed by atoms with Crippen LogP contribution < -0.4 is 5.32 Å². The summed E-state index contributed by atoms with van der Waals surface area (Å²) in [5.74, 6) is 0.563. The van der Waals surface area contributed by atoms with Crippen molar-refractivity contribution < 1.29 is 4.79 Å². The lowest BCUT2D eigenvalue weighted by atomic mass is 10.2. The second kappa shape index (κ2) is 8.06. The maximum atomic E-state index is 11.9. The van der Waals surface area contributed by atoms with Gasteiger partial charge >= 0.3 is 0 Å². The van der Waals surface area contributed by atoms with E-state index in [1.807, 2.05) is 0 Å². The summed E-state index contributed by atoms with van der Waals surface area (Å²) < 4.78 is 2.24. The molecule has 0 atom stereocenters. The Morgan fingerprint density at radius 3 is 2.71 bits per heavy atom. The average molecular weight is 338 g/mol. The van der Waals surface area contributed by atoms with E-state index in [1.165, 1.54) is 16.5 Å². The SMILES string of the molecule is Cc1ccc(SCC(=O)NCCCn2ccc3ccccc32)cc1. The lowest BCUT2D eigenvalue weighted by Crippen LogP contribution is -2.26. The third-order valence-corrected chi connectivity index (χ3v) is 4.98. The van der Waals surface area contributed by atoms with Crippen LogP contribution in [0.25, 0.3) is 10.9 Å². The topological polar surface area (TPSA) is 34.0 Å². The summed E-state index contributed by atoms with van der Waals surface area (Å²) in [5.41, 5.74) is 2.49. The number of carbonyl (C=O) groups excluding carboxylic acids is 1. The third-order valence-electron chi connectivity index (χ3n) is 3.97. The van der Waals surface area contributed by atoms with Gasteiger partial charge in [-0.25, -0.2) is 0 Å². The third kappa shape index (κ3) is 4.42. The van der Waals surface area contributed by atoms with E-state index < -0.39 is 0 Å². The lowest BCUT2D eigenvalue weighted by molar-refractivity contribution is -0.118. The Balaban J connectivity index is 1.38. The summed E-state index contributed by atoms with van der Waals surface area (Å²) >= 11 is 1.58. The highest BCUT2D eigenvalue weighted by Gasteiger charge is 2.03. The fourth-order valence-electron chi connectivity index (χ4n) is 2.65. The monoisotopic (exact) mass is 338 g/mol. The Morgan fingerprint density at radius 2 is 1.88 bits per heavy atom. The Morgan fingerprint density at radius 1 is 1.08 bits per heavy atom. The molecule has 0 aliphatic heterocycles. The van der Waals surface area contributed by atoms with E-state index in [-0.39, 0.29) is 5.91 Å². The number of hydrogen-bond acceptors (Lipinski definition) is 2. The summed E-state index contributed by atoms with van der Waals surface area (Å²) in [4.78, 5) is 13.1. The second-order valence-corrected chi connectivity index (χ2v) is 6.92. The molecule has 3 nitrogen and oxygen atoms in total. The van der Waals surface area contributed by atoms with E-state index in [1.54, 1.807) is 11.8 Å². The zero-order chi connectivity index (χ0) is 16.8. The maximum Gasteiger partial charge on any atom is 0.230 e. The van der Waals surface area contributed by atoms with Crippen LogP contribution >= 0.6 is 11.8 Å². The zero-order valence-corrected chi connectivity index (χ0v) is 14.7. The number of para-hydroxylation sites is 1. The molecule has 1 N–H and O–H groups in total. The van der Waals surface area contributed by atoms with Gasteiger partial charge in [-0.05, 0) is 43.0 Å². The molecule has 0 aliphatic carbocycles. The normalized spacial score (nSPS) is 10.9. The molecule has 124 valence electrons. The molecule has 0 unspecified atom stereocenters. The van der Waals surface area contributed by atoms with Crippen molar-refractivity contribution in [3.8, 4) is 0 Å². The molecule has 0 bridgehead atoms. The first-order chi connectivity index (χ1) is 11.7. The van der Waals surface area contributed by atoms with Gasteiger partial charge in [0.1, 0.15) is 0 Å². The number of aromatic nitrogens is 1. The molecule has 0 radical (unpaired) electrons. The summed E-state index contributed by atoms with van der Waals surface area (Å²) in [5, 5.41) is 4.26. The smallest absolute Gasteiger partial charge is 0.230 e. The zero-order valence-electron chi connectivity index (χ0n) is 13.9. The van der Waals surface area contributed by atoms with Gasteiger partial charge in [0.25, 0.3) is 0 Å². The Hall–Kier alpha value is -2.20. The molecular formula is C20H22N2OS. The van der Waals surface area contributed by atoms with Crippen LogP contribution in [0, 0.1) is 6.92 Å². The highest BCUT2D eigenvalue weighted by Crippen LogP contribution is 2.18. The van der Waals surface area contributed by atoms with Crippen LogP contribution in [0.15, 0.2) is 65.7 Å². The molecule has 0 saturated carbocycles. The van der Waals surface area contributed by atoms with Crippen LogP contribution in [0.2, 0.25) is 0 Å². The van der Waals surface area contributed by atoms with Crippen LogP contribution in [0.5, 0.6) is 0 Å². The summed E-state index contributed by atoms with van der Waals surface area (Å²) in [7, 11) is 0. The minimum absolute atomic E-state index is 0.0953. The number of nitrogens with zero attached hydrogens (tertiary/aromatic N) is 1.